The Morgan fingerprint density at radius 1 is 1.03 bits per heavy atom. The smallest absolute Gasteiger partial charge is 0.247 e. The minimum atomic E-state index is -0.815. The highest BCUT2D eigenvalue weighted by atomic mass is 35.5. The third-order valence-electron chi connectivity index (χ3n) is 4.91. The van der Waals surface area contributed by atoms with E-state index in [0.29, 0.717) is 23.4 Å². The second-order valence-corrected chi connectivity index (χ2v) is 7.05. The van der Waals surface area contributed by atoms with Crippen molar-refractivity contribution in [3.8, 4) is 17.2 Å². The van der Waals surface area contributed by atoms with Gasteiger partial charge < -0.3 is 30.9 Å². The minimum absolute atomic E-state index is 0. The molecule has 3 aromatic rings. The van der Waals surface area contributed by atoms with E-state index in [2.05, 4.69) is 10.6 Å². The molecule has 0 saturated carbocycles. The number of methoxy groups -OCH3 is 2. The van der Waals surface area contributed by atoms with Gasteiger partial charge in [-0.1, -0.05) is 30.3 Å². The highest BCUT2D eigenvalue weighted by Gasteiger charge is 2.24. The molecule has 174 valence electrons. The van der Waals surface area contributed by atoms with Gasteiger partial charge in [-0.15, -0.1) is 12.4 Å². The standard InChI is InChI=1S/C24H26N4O4.ClH/c1-31-19-12-17(13-20(32-2)22(19)29)21(24(30)27-14-15-6-4-3-5-7-15)28-18-10-8-16(9-11-18)23(25)26;/h3-13,21,28-29H,14H2,1-2H3,(H3,25,26)(H,27,30);1H/t21-;/m1./s1. The summed E-state index contributed by atoms with van der Waals surface area (Å²) in [5.74, 6) is -0.0862. The SMILES string of the molecule is COc1cc([C@@H](Nc2ccc(C(=N)N)cc2)C(=O)NCc2ccccc2)cc(OC)c1O.Cl. The number of amidine groups is 1. The second-order valence-electron chi connectivity index (χ2n) is 7.05. The number of aromatic hydroxyl groups is 1. The van der Waals surface area contributed by atoms with Crippen molar-refractivity contribution in [3.05, 3.63) is 83.4 Å². The first-order valence-corrected chi connectivity index (χ1v) is 9.90. The van der Waals surface area contributed by atoms with Crippen LogP contribution in [0.2, 0.25) is 0 Å². The van der Waals surface area contributed by atoms with Gasteiger partial charge in [0, 0.05) is 17.8 Å². The fourth-order valence-corrected chi connectivity index (χ4v) is 3.18. The minimum Gasteiger partial charge on any atom is -0.502 e. The van der Waals surface area contributed by atoms with Crippen LogP contribution < -0.4 is 25.8 Å². The Bertz CT molecular complexity index is 1070. The molecule has 6 N–H and O–H groups in total. The normalized spacial score (nSPS) is 11.0. The number of halogens is 1. The van der Waals surface area contributed by atoms with E-state index >= 15 is 0 Å². The Hall–Kier alpha value is -3.91. The quantitative estimate of drug-likeness (QED) is 0.240. The van der Waals surface area contributed by atoms with E-state index < -0.39 is 6.04 Å². The molecule has 0 aliphatic rings. The van der Waals surface area contributed by atoms with Crippen molar-refractivity contribution in [2.45, 2.75) is 12.6 Å². The summed E-state index contributed by atoms with van der Waals surface area (Å²) in [7, 11) is 2.85. The van der Waals surface area contributed by atoms with Crippen LogP contribution in [0.1, 0.15) is 22.7 Å². The van der Waals surface area contributed by atoms with Crippen LogP contribution in [0, 0.1) is 5.41 Å². The predicted octanol–water partition coefficient (Wildman–Crippen LogP) is 3.58. The molecule has 8 nitrogen and oxygen atoms in total. The van der Waals surface area contributed by atoms with Gasteiger partial charge in [-0.05, 0) is 47.5 Å². The maximum atomic E-state index is 13.2. The molecular formula is C24H27ClN4O4. The van der Waals surface area contributed by atoms with Gasteiger partial charge in [0.15, 0.2) is 11.5 Å². The molecule has 0 heterocycles. The molecule has 1 atom stereocenters. The van der Waals surface area contributed by atoms with E-state index in [0.717, 1.165) is 5.56 Å². The Kier molecular flexibility index (Phi) is 8.94. The van der Waals surface area contributed by atoms with Gasteiger partial charge in [0.1, 0.15) is 11.9 Å². The molecule has 3 aromatic carbocycles. The van der Waals surface area contributed by atoms with Crippen LogP contribution >= 0.6 is 12.4 Å². The van der Waals surface area contributed by atoms with Crippen LogP contribution in [-0.2, 0) is 11.3 Å². The van der Waals surface area contributed by atoms with Crippen LogP contribution in [0.25, 0.3) is 0 Å². The summed E-state index contributed by atoms with van der Waals surface area (Å²) in [6.45, 7) is 0.355. The molecule has 0 aliphatic carbocycles. The summed E-state index contributed by atoms with van der Waals surface area (Å²) >= 11 is 0. The molecular weight excluding hydrogens is 444 g/mol. The van der Waals surface area contributed by atoms with Crippen LogP contribution in [0.5, 0.6) is 17.2 Å². The van der Waals surface area contributed by atoms with Gasteiger partial charge in [0.25, 0.3) is 0 Å². The Balaban J connectivity index is 0.00000385. The monoisotopic (exact) mass is 470 g/mol. The van der Waals surface area contributed by atoms with E-state index in [-0.39, 0.29) is 41.4 Å². The molecule has 0 aromatic heterocycles. The number of carbonyl (C=O) groups excluding carboxylic acids is 1. The largest absolute Gasteiger partial charge is 0.502 e. The first kappa shape index (κ1) is 25.4. The van der Waals surface area contributed by atoms with Gasteiger partial charge in [-0.2, -0.15) is 0 Å². The van der Waals surface area contributed by atoms with Gasteiger partial charge in [-0.25, -0.2) is 0 Å². The predicted molar refractivity (Wildman–Crippen MR) is 131 cm³/mol. The van der Waals surface area contributed by atoms with Crippen molar-refractivity contribution >= 4 is 29.8 Å². The molecule has 1 amide bonds. The van der Waals surface area contributed by atoms with E-state index in [1.54, 1.807) is 36.4 Å². The van der Waals surface area contributed by atoms with E-state index in [1.165, 1.54) is 14.2 Å². The number of hydrogen-bond acceptors (Lipinski definition) is 6. The number of rotatable bonds is 9. The first-order chi connectivity index (χ1) is 15.4. The van der Waals surface area contributed by atoms with Gasteiger partial charge in [0.2, 0.25) is 11.7 Å². The lowest BCUT2D eigenvalue weighted by Crippen LogP contribution is -2.33. The highest BCUT2D eigenvalue weighted by Crippen LogP contribution is 2.39. The summed E-state index contributed by atoms with van der Waals surface area (Å²) in [5, 5.41) is 23.9. The fourth-order valence-electron chi connectivity index (χ4n) is 3.18. The summed E-state index contributed by atoms with van der Waals surface area (Å²) < 4.78 is 10.5. The lowest BCUT2D eigenvalue weighted by molar-refractivity contribution is -0.122. The zero-order chi connectivity index (χ0) is 23.1. The number of hydrogen-bond donors (Lipinski definition) is 5. The van der Waals surface area contributed by atoms with Gasteiger partial charge >= 0.3 is 0 Å². The van der Waals surface area contributed by atoms with Crippen molar-refractivity contribution in [1.82, 2.24) is 5.32 Å². The fraction of sp³-hybridized carbons (Fsp3) is 0.167. The number of nitrogens with two attached hydrogens (primary N) is 1. The van der Waals surface area contributed by atoms with Gasteiger partial charge in [0.05, 0.1) is 14.2 Å². The van der Waals surface area contributed by atoms with Crippen LogP contribution in [0.4, 0.5) is 5.69 Å². The third kappa shape index (κ3) is 6.30. The lowest BCUT2D eigenvalue weighted by Gasteiger charge is -2.22. The number of phenolic OH excluding ortho intramolecular Hbond substituents is 1. The maximum Gasteiger partial charge on any atom is 0.247 e. The van der Waals surface area contributed by atoms with E-state index in [4.69, 9.17) is 20.6 Å². The number of benzene rings is 3. The highest BCUT2D eigenvalue weighted by molar-refractivity contribution is 5.95. The third-order valence-corrected chi connectivity index (χ3v) is 4.91. The Labute approximate surface area is 198 Å². The Morgan fingerprint density at radius 3 is 2.12 bits per heavy atom. The van der Waals surface area contributed by atoms with Crippen molar-refractivity contribution in [2.75, 3.05) is 19.5 Å². The molecule has 0 bridgehead atoms. The van der Waals surface area contributed by atoms with E-state index in [9.17, 15) is 9.90 Å². The van der Waals surface area contributed by atoms with Gasteiger partial charge in [-0.3, -0.25) is 10.2 Å². The number of anilines is 1. The maximum absolute atomic E-state index is 13.2. The summed E-state index contributed by atoms with van der Waals surface area (Å²) in [4.78, 5) is 13.2. The molecule has 0 aliphatic heterocycles. The number of carbonyl (C=O) groups is 1. The molecule has 0 spiro atoms. The number of nitrogen functional groups attached to an aromatic ring is 1. The zero-order valence-corrected chi connectivity index (χ0v) is 19.1. The molecule has 9 heteroatoms. The topological polar surface area (TPSA) is 130 Å². The van der Waals surface area contributed by atoms with E-state index in [1.807, 2.05) is 30.3 Å². The van der Waals surface area contributed by atoms with Crippen molar-refractivity contribution in [1.29, 1.82) is 5.41 Å². The Morgan fingerprint density at radius 2 is 1.61 bits per heavy atom. The van der Waals surface area contributed by atoms with Crippen LogP contribution in [-0.4, -0.2) is 31.1 Å². The molecule has 0 saturated heterocycles. The van der Waals surface area contributed by atoms with Crippen molar-refractivity contribution in [3.63, 3.8) is 0 Å². The molecule has 0 fully saturated rings. The number of amides is 1. The summed E-state index contributed by atoms with van der Waals surface area (Å²) in [6.07, 6.45) is 0. The summed E-state index contributed by atoms with van der Waals surface area (Å²) in [6, 6.07) is 18.8. The van der Waals surface area contributed by atoms with Crippen LogP contribution in [0.3, 0.4) is 0 Å². The average molecular weight is 471 g/mol. The molecule has 0 unspecified atom stereocenters. The second kappa shape index (κ2) is 11.6. The zero-order valence-electron chi connectivity index (χ0n) is 18.3. The average Bonchev–Trinajstić information content (AvgIpc) is 2.82. The van der Waals surface area contributed by atoms with Crippen molar-refractivity contribution < 1.29 is 19.4 Å². The first-order valence-electron chi connectivity index (χ1n) is 9.90. The van der Waals surface area contributed by atoms with Crippen LogP contribution in [0.15, 0.2) is 66.7 Å². The number of nitrogens with one attached hydrogen (secondary N) is 3. The molecule has 3 rings (SSSR count). The lowest BCUT2D eigenvalue weighted by atomic mass is 10.0. The summed E-state index contributed by atoms with van der Waals surface area (Å²) in [5.41, 5.74) is 8.26. The number of phenols is 1. The number of ether oxygens (including phenoxy) is 2. The van der Waals surface area contributed by atoms with Crippen molar-refractivity contribution in [2.24, 2.45) is 5.73 Å². The molecule has 33 heavy (non-hydrogen) atoms. The molecule has 0 radical (unpaired) electrons.